The Balaban J connectivity index is 1.84. The van der Waals surface area contributed by atoms with E-state index in [1.54, 1.807) is 11.9 Å². The first-order chi connectivity index (χ1) is 8.76. The summed E-state index contributed by atoms with van der Waals surface area (Å²) in [7, 11) is 1.72. The zero-order valence-electron chi connectivity index (χ0n) is 12.3. The van der Waals surface area contributed by atoms with E-state index in [1.807, 2.05) is 20.8 Å². The lowest BCUT2D eigenvalue weighted by atomic mass is 9.88. The highest BCUT2D eigenvalue weighted by molar-refractivity contribution is 5.86. The molecule has 2 bridgehead atoms. The third-order valence-electron chi connectivity index (χ3n) is 3.89. The van der Waals surface area contributed by atoms with Crippen LogP contribution in [0, 0.1) is 5.92 Å². The van der Waals surface area contributed by atoms with Crippen molar-refractivity contribution in [3.63, 3.8) is 0 Å². The van der Waals surface area contributed by atoms with Crippen molar-refractivity contribution in [2.24, 2.45) is 5.92 Å². The first-order valence-electron chi connectivity index (χ1n) is 7.08. The summed E-state index contributed by atoms with van der Waals surface area (Å²) in [5.41, 5.74) is -0.255. The van der Waals surface area contributed by atoms with Crippen LogP contribution < -0.4 is 10.6 Å². The third-order valence-corrected chi connectivity index (χ3v) is 3.89. The van der Waals surface area contributed by atoms with Gasteiger partial charge in [0.25, 0.3) is 0 Å². The molecule has 19 heavy (non-hydrogen) atoms. The molecule has 0 spiro atoms. The average molecular weight is 267 g/mol. The summed E-state index contributed by atoms with van der Waals surface area (Å²) in [4.78, 5) is 25.7. The summed E-state index contributed by atoms with van der Waals surface area (Å²) in [6, 6.07) is 0.835. The summed E-state index contributed by atoms with van der Waals surface area (Å²) in [5.74, 6) is 0.0643. The Morgan fingerprint density at radius 3 is 2.47 bits per heavy atom. The molecule has 2 aliphatic rings. The summed E-state index contributed by atoms with van der Waals surface area (Å²) >= 11 is 0. The molecule has 2 saturated heterocycles. The van der Waals surface area contributed by atoms with Gasteiger partial charge in [-0.2, -0.15) is 0 Å². The first-order valence-corrected chi connectivity index (χ1v) is 7.08. The lowest BCUT2D eigenvalue weighted by Gasteiger charge is -2.27. The highest BCUT2D eigenvalue weighted by Gasteiger charge is 2.43. The van der Waals surface area contributed by atoms with Crippen molar-refractivity contribution in [2.75, 3.05) is 13.6 Å². The van der Waals surface area contributed by atoms with Gasteiger partial charge in [0.15, 0.2) is 0 Å². The SMILES string of the molecule is CN(CC(=O)NC(C)(C)C)C(=O)C1CC2CCC1N2. The zero-order valence-corrected chi connectivity index (χ0v) is 12.3. The second-order valence-corrected chi connectivity index (χ2v) is 6.88. The van der Waals surface area contributed by atoms with Crippen LogP contribution in [0.25, 0.3) is 0 Å². The molecule has 108 valence electrons. The quantitative estimate of drug-likeness (QED) is 0.783. The standard InChI is InChI=1S/C14H25N3O2/c1-14(2,3)16-12(18)8-17(4)13(19)10-7-9-5-6-11(10)15-9/h9-11,15H,5-8H2,1-4H3,(H,16,18). The van der Waals surface area contributed by atoms with Crippen LogP contribution in [0.3, 0.4) is 0 Å². The molecule has 3 unspecified atom stereocenters. The van der Waals surface area contributed by atoms with Gasteiger partial charge >= 0.3 is 0 Å². The van der Waals surface area contributed by atoms with Crippen LogP contribution in [0.5, 0.6) is 0 Å². The van der Waals surface area contributed by atoms with Gasteiger partial charge in [-0.25, -0.2) is 0 Å². The molecule has 0 aromatic heterocycles. The topological polar surface area (TPSA) is 61.4 Å². The van der Waals surface area contributed by atoms with Crippen LogP contribution in [0.2, 0.25) is 0 Å². The largest absolute Gasteiger partial charge is 0.350 e. The summed E-state index contributed by atoms with van der Waals surface area (Å²) < 4.78 is 0. The molecule has 2 amide bonds. The monoisotopic (exact) mass is 267 g/mol. The Labute approximate surface area is 115 Å². The maximum Gasteiger partial charge on any atom is 0.240 e. The summed E-state index contributed by atoms with van der Waals surface area (Å²) in [5, 5.41) is 6.34. The number of rotatable bonds is 3. The molecular formula is C14H25N3O2. The molecule has 2 fully saturated rings. The van der Waals surface area contributed by atoms with Crippen molar-refractivity contribution in [1.29, 1.82) is 0 Å². The number of nitrogens with one attached hydrogen (secondary N) is 2. The maximum atomic E-state index is 12.3. The van der Waals surface area contributed by atoms with Gasteiger partial charge in [-0.1, -0.05) is 0 Å². The minimum atomic E-state index is -0.255. The van der Waals surface area contributed by atoms with Gasteiger partial charge in [-0.15, -0.1) is 0 Å². The predicted molar refractivity (Wildman–Crippen MR) is 73.6 cm³/mol. The number of fused-ring (bicyclic) bond motifs is 2. The number of likely N-dealkylation sites (N-methyl/N-ethyl adjacent to an activating group) is 1. The van der Waals surface area contributed by atoms with E-state index in [4.69, 9.17) is 0 Å². The molecule has 2 aliphatic heterocycles. The predicted octanol–water partition coefficient (Wildman–Crippen LogP) is 0.500. The van der Waals surface area contributed by atoms with Gasteiger partial charge in [0.05, 0.1) is 12.5 Å². The van der Waals surface area contributed by atoms with E-state index >= 15 is 0 Å². The number of carbonyl (C=O) groups excluding carboxylic acids is 2. The fourth-order valence-electron chi connectivity index (χ4n) is 3.13. The van der Waals surface area contributed by atoms with Gasteiger partial charge in [0.2, 0.25) is 11.8 Å². The Morgan fingerprint density at radius 1 is 1.32 bits per heavy atom. The molecule has 0 aromatic rings. The maximum absolute atomic E-state index is 12.3. The van der Waals surface area contributed by atoms with Gasteiger partial charge in [-0.3, -0.25) is 9.59 Å². The van der Waals surface area contributed by atoms with E-state index in [1.165, 1.54) is 6.42 Å². The number of hydrogen-bond acceptors (Lipinski definition) is 3. The van der Waals surface area contributed by atoms with E-state index < -0.39 is 0 Å². The molecule has 5 nitrogen and oxygen atoms in total. The average Bonchev–Trinajstić information content (AvgIpc) is 2.86. The van der Waals surface area contributed by atoms with Crippen LogP contribution in [0.4, 0.5) is 0 Å². The lowest BCUT2D eigenvalue weighted by Crippen LogP contribution is -2.48. The second kappa shape index (κ2) is 5.12. The van der Waals surface area contributed by atoms with Crippen LogP contribution in [-0.4, -0.2) is 47.9 Å². The summed E-state index contributed by atoms with van der Waals surface area (Å²) in [6.45, 7) is 5.95. The highest BCUT2D eigenvalue weighted by atomic mass is 16.2. The smallest absolute Gasteiger partial charge is 0.240 e. The van der Waals surface area contributed by atoms with Crippen molar-refractivity contribution < 1.29 is 9.59 Å². The van der Waals surface area contributed by atoms with Crippen molar-refractivity contribution in [3.05, 3.63) is 0 Å². The van der Waals surface area contributed by atoms with Gasteiger partial charge in [0, 0.05) is 24.7 Å². The Morgan fingerprint density at radius 2 is 2.00 bits per heavy atom. The Hall–Kier alpha value is -1.10. The lowest BCUT2D eigenvalue weighted by molar-refractivity contribution is -0.138. The van der Waals surface area contributed by atoms with Gasteiger partial charge < -0.3 is 15.5 Å². The molecule has 2 heterocycles. The van der Waals surface area contributed by atoms with Gasteiger partial charge in [-0.05, 0) is 40.0 Å². The molecular weight excluding hydrogens is 242 g/mol. The Kier molecular flexibility index (Phi) is 3.85. The summed E-state index contributed by atoms with van der Waals surface area (Å²) in [6.07, 6.45) is 3.19. The van der Waals surface area contributed by atoms with Crippen LogP contribution in [0.1, 0.15) is 40.0 Å². The molecule has 5 heteroatoms. The minimum absolute atomic E-state index is 0.0613. The minimum Gasteiger partial charge on any atom is -0.350 e. The molecule has 0 aliphatic carbocycles. The third kappa shape index (κ3) is 3.47. The van der Waals surface area contributed by atoms with Crippen LogP contribution in [-0.2, 0) is 9.59 Å². The molecule has 0 aromatic carbocycles. The second-order valence-electron chi connectivity index (χ2n) is 6.88. The zero-order chi connectivity index (χ0) is 14.2. The van der Waals surface area contributed by atoms with Crippen LogP contribution >= 0.6 is 0 Å². The number of hydrogen-bond donors (Lipinski definition) is 2. The van der Waals surface area contributed by atoms with E-state index in [0.717, 1.165) is 12.8 Å². The van der Waals surface area contributed by atoms with Gasteiger partial charge in [0.1, 0.15) is 0 Å². The van der Waals surface area contributed by atoms with Crippen molar-refractivity contribution in [3.8, 4) is 0 Å². The number of carbonyl (C=O) groups is 2. The molecule has 3 atom stereocenters. The fraction of sp³-hybridized carbons (Fsp3) is 0.857. The fourth-order valence-corrected chi connectivity index (χ4v) is 3.13. The van der Waals surface area contributed by atoms with Crippen molar-refractivity contribution in [1.82, 2.24) is 15.5 Å². The van der Waals surface area contributed by atoms with Crippen molar-refractivity contribution in [2.45, 2.75) is 57.7 Å². The molecule has 2 N–H and O–H groups in total. The normalized spacial score (nSPS) is 29.4. The first kappa shape index (κ1) is 14.3. The van der Waals surface area contributed by atoms with E-state index in [2.05, 4.69) is 10.6 Å². The highest BCUT2D eigenvalue weighted by Crippen LogP contribution is 2.34. The molecule has 2 rings (SSSR count). The number of amides is 2. The van der Waals surface area contributed by atoms with Crippen LogP contribution in [0.15, 0.2) is 0 Å². The van der Waals surface area contributed by atoms with E-state index in [-0.39, 0.29) is 29.8 Å². The van der Waals surface area contributed by atoms with E-state index in [0.29, 0.717) is 12.1 Å². The number of nitrogens with zero attached hydrogens (tertiary/aromatic N) is 1. The van der Waals surface area contributed by atoms with E-state index in [9.17, 15) is 9.59 Å². The Bertz CT molecular complexity index is 375. The molecule has 0 radical (unpaired) electrons. The molecule has 0 saturated carbocycles. The van der Waals surface area contributed by atoms with Crippen molar-refractivity contribution >= 4 is 11.8 Å².